The van der Waals surface area contributed by atoms with E-state index in [1.54, 1.807) is 51.0 Å². The number of aromatic nitrogens is 1. The molecule has 6 rings (SSSR count). The molecule has 2 aromatic heterocycles. The van der Waals surface area contributed by atoms with Crippen molar-refractivity contribution in [1.29, 1.82) is 5.26 Å². The standard InChI is InChI=1S/C34H34F3N5O5S/c1-33(2,3)46-31(44)39-29-20(14-38)24-18(7-8-21(35)28(24)48-29)25-22(36)13-19-27-26(25)23(37)16-40(27)10-9-17-15-41(11-12-42(17)30(19)43)32(45)47-34(4,5)6/h7-8,13,16-17H,9-12,15H2,1-6H3,(H,39,44). The molecule has 2 aliphatic heterocycles. The summed E-state index contributed by atoms with van der Waals surface area (Å²) in [5.74, 6) is -2.99. The van der Waals surface area contributed by atoms with Crippen LogP contribution in [0.4, 0.5) is 27.8 Å². The van der Waals surface area contributed by atoms with Crippen LogP contribution in [0.5, 0.6) is 0 Å². The summed E-state index contributed by atoms with van der Waals surface area (Å²) in [7, 11) is 0. The van der Waals surface area contributed by atoms with E-state index < -0.39 is 52.8 Å². The van der Waals surface area contributed by atoms with Crippen LogP contribution >= 0.6 is 11.3 Å². The van der Waals surface area contributed by atoms with E-state index in [9.17, 15) is 19.6 Å². The maximum Gasteiger partial charge on any atom is 0.412 e. The number of ether oxygens (including phenoxy) is 2. The number of nitrogens with one attached hydrogen (secondary N) is 1. The van der Waals surface area contributed by atoms with Crippen molar-refractivity contribution in [3.05, 3.63) is 53.0 Å². The van der Waals surface area contributed by atoms with Gasteiger partial charge in [0.05, 0.1) is 27.4 Å². The van der Waals surface area contributed by atoms with Gasteiger partial charge >= 0.3 is 12.2 Å². The lowest BCUT2D eigenvalue weighted by Gasteiger charge is -2.42. The number of nitriles is 1. The van der Waals surface area contributed by atoms with E-state index in [2.05, 4.69) is 5.32 Å². The minimum atomic E-state index is -0.948. The number of hydrogen-bond acceptors (Lipinski definition) is 7. The van der Waals surface area contributed by atoms with Gasteiger partial charge in [-0.05, 0) is 65.7 Å². The van der Waals surface area contributed by atoms with Crippen molar-refractivity contribution in [2.45, 2.75) is 71.8 Å². The van der Waals surface area contributed by atoms with E-state index in [-0.39, 0.29) is 74.4 Å². The summed E-state index contributed by atoms with van der Waals surface area (Å²) in [6.45, 7) is 11.1. The number of fused-ring (bicyclic) bond motifs is 2. The lowest BCUT2D eigenvalue weighted by Crippen LogP contribution is -2.57. The third-order valence-corrected chi connectivity index (χ3v) is 9.28. The molecule has 48 heavy (non-hydrogen) atoms. The molecule has 252 valence electrons. The zero-order chi connectivity index (χ0) is 34.9. The highest BCUT2D eigenvalue weighted by molar-refractivity contribution is 7.23. The number of benzene rings is 2. The van der Waals surface area contributed by atoms with Crippen molar-refractivity contribution in [2.75, 3.05) is 25.0 Å². The second-order valence-electron chi connectivity index (χ2n) is 13.9. The lowest BCUT2D eigenvalue weighted by atomic mass is 9.93. The molecule has 2 aromatic carbocycles. The van der Waals surface area contributed by atoms with Gasteiger partial charge in [0.25, 0.3) is 5.91 Å². The Hall–Kier alpha value is -4.77. The first kappa shape index (κ1) is 33.1. The zero-order valence-corrected chi connectivity index (χ0v) is 28.1. The summed E-state index contributed by atoms with van der Waals surface area (Å²) in [6.07, 6.45) is 0.210. The minimum Gasteiger partial charge on any atom is -0.444 e. The summed E-state index contributed by atoms with van der Waals surface area (Å²) < 4.78 is 60.0. The van der Waals surface area contributed by atoms with Crippen LogP contribution in [0.3, 0.4) is 0 Å². The van der Waals surface area contributed by atoms with Gasteiger partial charge in [0.2, 0.25) is 0 Å². The molecular weight excluding hydrogens is 647 g/mol. The first-order chi connectivity index (χ1) is 22.5. The molecule has 0 spiro atoms. The molecule has 14 heteroatoms. The van der Waals surface area contributed by atoms with Gasteiger partial charge in [-0.3, -0.25) is 10.1 Å². The third kappa shape index (κ3) is 5.91. The Morgan fingerprint density at radius 3 is 2.33 bits per heavy atom. The maximum atomic E-state index is 16.4. The van der Waals surface area contributed by atoms with Crippen LogP contribution in [0.25, 0.3) is 32.1 Å². The molecule has 0 bridgehead atoms. The Morgan fingerprint density at radius 1 is 0.958 bits per heavy atom. The first-order valence-electron chi connectivity index (χ1n) is 15.4. The fourth-order valence-electron chi connectivity index (χ4n) is 6.32. The number of carbonyl (C=O) groups excluding carboxylic acids is 3. The maximum absolute atomic E-state index is 16.4. The summed E-state index contributed by atoms with van der Waals surface area (Å²) in [5.41, 5.74) is -1.80. The van der Waals surface area contributed by atoms with Gasteiger partial charge in [-0.15, -0.1) is 11.3 Å². The molecule has 1 unspecified atom stereocenters. The van der Waals surface area contributed by atoms with Crippen LogP contribution < -0.4 is 5.32 Å². The number of thiophene rings is 1. The van der Waals surface area contributed by atoms with Crippen LogP contribution in [0.1, 0.15) is 63.9 Å². The smallest absolute Gasteiger partial charge is 0.412 e. The van der Waals surface area contributed by atoms with E-state index in [0.29, 0.717) is 6.42 Å². The first-order valence-corrected chi connectivity index (χ1v) is 16.2. The Kier molecular flexibility index (Phi) is 8.10. The van der Waals surface area contributed by atoms with E-state index >= 15 is 13.2 Å². The van der Waals surface area contributed by atoms with E-state index in [0.717, 1.165) is 23.5 Å². The number of nitrogens with zero attached hydrogens (tertiary/aromatic N) is 4. The Balaban J connectivity index is 1.45. The highest BCUT2D eigenvalue weighted by Crippen LogP contribution is 2.46. The fraction of sp³-hybridized carbons (Fsp3) is 0.412. The number of anilines is 1. The van der Waals surface area contributed by atoms with Crippen LogP contribution in [0.15, 0.2) is 24.4 Å². The minimum absolute atomic E-state index is 0.00888. The summed E-state index contributed by atoms with van der Waals surface area (Å²) >= 11 is 0.773. The SMILES string of the molecule is CC(C)(C)OC(=O)Nc1sc2c(F)ccc(-c3c(F)cc4c5c3c(F)cn5CCC3CN(C(=O)OC(C)(C)C)CCN3C4=O)c2c1C#N. The monoisotopic (exact) mass is 681 g/mol. The van der Waals surface area contributed by atoms with Gasteiger partial charge < -0.3 is 23.8 Å². The van der Waals surface area contributed by atoms with Crippen molar-refractivity contribution in [3.8, 4) is 17.2 Å². The number of amides is 3. The Bertz CT molecular complexity index is 2050. The van der Waals surface area contributed by atoms with Crippen LogP contribution in [-0.4, -0.2) is 69.3 Å². The molecule has 4 aromatic rings. The number of carbonyl (C=O) groups is 3. The number of aryl methyl sites for hydroxylation is 1. The molecule has 3 amide bonds. The average Bonchev–Trinajstić information content (AvgIpc) is 3.51. The predicted octanol–water partition coefficient (Wildman–Crippen LogP) is 7.62. The summed E-state index contributed by atoms with van der Waals surface area (Å²) in [5, 5.41) is 12.4. The van der Waals surface area contributed by atoms with Crippen molar-refractivity contribution in [1.82, 2.24) is 14.4 Å². The van der Waals surface area contributed by atoms with Crippen molar-refractivity contribution < 1.29 is 37.0 Å². The normalized spacial score (nSPS) is 16.8. The summed E-state index contributed by atoms with van der Waals surface area (Å²) in [6, 6.07) is 4.95. The fourth-order valence-corrected chi connectivity index (χ4v) is 7.38. The molecule has 1 saturated heterocycles. The van der Waals surface area contributed by atoms with E-state index in [4.69, 9.17) is 9.47 Å². The molecule has 10 nitrogen and oxygen atoms in total. The number of hydrogen-bond donors (Lipinski definition) is 1. The Morgan fingerprint density at radius 2 is 1.67 bits per heavy atom. The molecule has 1 atom stereocenters. The van der Waals surface area contributed by atoms with Gasteiger partial charge in [-0.1, -0.05) is 6.07 Å². The van der Waals surface area contributed by atoms with Crippen molar-refractivity contribution in [3.63, 3.8) is 0 Å². The average molecular weight is 682 g/mol. The molecule has 0 saturated carbocycles. The molecule has 2 aliphatic rings. The topological polar surface area (TPSA) is 117 Å². The molecule has 1 fully saturated rings. The van der Waals surface area contributed by atoms with Gasteiger partial charge in [0.15, 0.2) is 0 Å². The molecule has 4 heterocycles. The molecular formula is C34H34F3N5O5S. The van der Waals surface area contributed by atoms with Crippen LogP contribution in [-0.2, 0) is 16.0 Å². The zero-order valence-electron chi connectivity index (χ0n) is 27.3. The second kappa shape index (κ2) is 11.7. The van der Waals surface area contributed by atoms with E-state index in [1.807, 2.05) is 6.07 Å². The number of piperazine rings is 1. The third-order valence-electron chi connectivity index (χ3n) is 8.16. The number of rotatable bonds is 2. The highest BCUT2D eigenvalue weighted by atomic mass is 32.1. The van der Waals surface area contributed by atoms with Crippen molar-refractivity contribution >= 4 is 55.4 Å². The van der Waals surface area contributed by atoms with Crippen molar-refractivity contribution in [2.24, 2.45) is 0 Å². The lowest BCUT2D eigenvalue weighted by molar-refractivity contribution is 0.00286. The highest BCUT2D eigenvalue weighted by Gasteiger charge is 2.38. The van der Waals surface area contributed by atoms with Gasteiger partial charge in [-0.25, -0.2) is 22.8 Å². The second-order valence-corrected chi connectivity index (χ2v) is 14.9. The van der Waals surface area contributed by atoms with Gasteiger partial charge in [0.1, 0.15) is 39.7 Å². The molecule has 1 N–H and O–H groups in total. The van der Waals surface area contributed by atoms with E-state index in [1.165, 1.54) is 17.2 Å². The predicted molar refractivity (Wildman–Crippen MR) is 174 cm³/mol. The molecule has 0 aliphatic carbocycles. The quantitative estimate of drug-likeness (QED) is 0.233. The van der Waals surface area contributed by atoms with Gasteiger partial charge in [-0.2, -0.15) is 5.26 Å². The summed E-state index contributed by atoms with van der Waals surface area (Å²) in [4.78, 5) is 42.5. The number of halogens is 3. The Labute approximate surface area is 278 Å². The van der Waals surface area contributed by atoms with Gasteiger partial charge in [0, 0.05) is 48.7 Å². The van der Waals surface area contributed by atoms with Crippen LogP contribution in [0.2, 0.25) is 0 Å². The van der Waals surface area contributed by atoms with Crippen LogP contribution in [0, 0.1) is 28.8 Å². The largest absolute Gasteiger partial charge is 0.444 e. The molecule has 0 radical (unpaired) electrons.